The van der Waals surface area contributed by atoms with Gasteiger partial charge in [-0.2, -0.15) is 5.10 Å². The van der Waals surface area contributed by atoms with Crippen LogP contribution in [0.3, 0.4) is 0 Å². The van der Waals surface area contributed by atoms with Crippen LogP contribution in [0.25, 0.3) is 0 Å². The summed E-state index contributed by atoms with van der Waals surface area (Å²) in [6.07, 6.45) is 3.19. The van der Waals surface area contributed by atoms with Crippen molar-refractivity contribution in [3.05, 3.63) is 95.3 Å². The highest BCUT2D eigenvalue weighted by Crippen LogP contribution is 2.36. The number of carbonyl (C=O) groups excluding carboxylic acids is 1. The number of benzene rings is 3. The number of hydrazone groups is 1. The molecule has 0 aromatic heterocycles. The summed E-state index contributed by atoms with van der Waals surface area (Å²) in [5.41, 5.74) is 0.822. The Balaban J connectivity index is 1.18. The van der Waals surface area contributed by atoms with Crippen molar-refractivity contribution in [2.24, 2.45) is 5.10 Å². The number of carboxylic acid groups (broad SMARTS) is 1. The predicted octanol–water partition coefficient (Wildman–Crippen LogP) is 6.24. The maximum atomic E-state index is 14.6. The highest BCUT2D eigenvalue weighted by atomic mass is 19.2. The molecular formula is C31H31F3N4O4. The van der Waals surface area contributed by atoms with Crippen LogP contribution in [0.15, 0.2) is 71.8 Å². The first-order valence-electron chi connectivity index (χ1n) is 13.7. The average molecular weight is 581 g/mol. The van der Waals surface area contributed by atoms with Gasteiger partial charge in [0.2, 0.25) is 0 Å². The van der Waals surface area contributed by atoms with E-state index in [9.17, 15) is 22.8 Å². The van der Waals surface area contributed by atoms with E-state index in [1.54, 1.807) is 35.2 Å². The Morgan fingerprint density at radius 2 is 1.71 bits per heavy atom. The van der Waals surface area contributed by atoms with E-state index in [0.29, 0.717) is 62.9 Å². The van der Waals surface area contributed by atoms with Gasteiger partial charge in [-0.15, -0.1) is 0 Å². The summed E-state index contributed by atoms with van der Waals surface area (Å²) in [7, 11) is 0. The van der Waals surface area contributed by atoms with Crippen LogP contribution in [-0.4, -0.2) is 60.1 Å². The minimum atomic E-state index is -1.24. The molecule has 2 heterocycles. The van der Waals surface area contributed by atoms with E-state index in [-0.39, 0.29) is 11.1 Å². The SMILES string of the molecule is CC(c1cc(F)c(F)cc1F)N(/N=C\CCN1CCC2(CC1)CN(c1ccc(C(=O)O)cc1)C(=O)O2)c1ccccc1. The second-order valence-corrected chi connectivity index (χ2v) is 10.6. The second-order valence-electron chi connectivity index (χ2n) is 10.6. The molecule has 42 heavy (non-hydrogen) atoms. The Hall–Kier alpha value is -4.38. The molecule has 3 aromatic carbocycles. The van der Waals surface area contributed by atoms with Crippen LogP contribution in [-0.2, 0) is 4.74 Å². The van der Waals surface area contributed by atoms with Crippen molar-refractivity contribution in [2.45, 2.75) is 37.8 Å². The highest BCUT2D eigenvalue weighted by Gasteiger charge is 2.47. The second kappa shape index (κ2) is 12.2. The van der Waals surface area contributed by atoms with Crippen LogP contribution >= 0.6 is 0 Å². The van der Waals surface area contributed by atoms with Crippen molar-refractivity contribution in [3.8, 4) is 0 Å². The lowest BCUT2D eigenvalue weighted by Crippen LogP contribution is -2.47. The number of likely N-dealkylation sites (tertiary alicyclic amines) is 1. The van der Waals surface area contributed by atoms with Crippen LogP contribution in [0.4, 0.5) is 29.3 Å². The molecule has 5 rings (SSSR count). The van der Waals surface area contributed by atoms with Gasteiger partial charge in [-0.25, -0.2) is 22.8 Å². The third-order valence-electron chi connectivity index (χ3n) is 7.82. The first-order chi connectivity index (χ1) is 20.2. The smallest absolute Gasteiger partial charge is 0.415 e. The van der Waals surface area contributed by atoms with Gasteiger partial charge in [-0.3, -0.25) is 9.91 Å². The standard InChI is InChI=1S/C31H31F3N4O4/c1-21(25-18-27(33)28(34)19-26(25)32)38(24-6-3-2-4-7-24)35-14-5-15-36-16-12-31(13-17-36)20-37(30(41)42-31)23-10-8-22(9-11-23)29(39)40/h2-4,6-11,14,18-19,21H,5,12-13,15-17,20H2,1H3,(H,39,40)/b35-14-. The number of hydrogen-bond donors (Lipinski definition) is 1. The van der Waals surface area contributed by atoms with E-state index in [4.69, 9.17) is 9.84 Å². The third kappa shape index (κ3) is 6.25. The van der Waals surface area contributed by atoms with E-state index in [1.165, 1.54) is 12.1 Å². The quantitative estimate of drug-likeness (QED) is 0.183. The van der Waals surface area contributed by atoms with Gasteiger partial charge in [0.15, 0.2) is 11.6 Å². The molecule has 0 aliphatic carbocycles. The van der Waals surface area contributed by atoms with Crippen molar-refractivity contribution < 1.29 is 32.6 Å². The minimum Gasteiger partial charge on any atom is -0.478 e. The summed E-state index contributed by atoms with van der Waals surface area (Å²) >= 11 is 0. The van der Waals surface area contributed by atoms with Gasteiger partial charge >= 0.3 is 12.1 Å². The van der Waals surface area contributed by atoms with Crippen LogP contribution in [0.2, 0.25) is 0 Å². The Kier molecular flexibility index (Phi) is 8.49. The summed E-state index contributed by atoms with van der Waals surface area (Å²) < 4.78 is 47.8. The minimum absolute atomic E-state index is 0.00536. The number of piperidine rings is 1. The lowest BCUT2D eigenvalue weighted by atomic mass is 9.91. The summed E-state index contributed by atoms with van der Waals surface area (Å²) in [4.78, 5) is 27.6. The number of amides is 1. The molecule has 0 bridgehead atoms. The van der Waals surface area contributed by atoms with E-state index < -0.39 is 41.2 Å². The van der Waals surface area contributed by atoms with Gasteiger partial charge in [0.25, 0.3) is 0 Å². The lowest BCUT2D eigenvalue weighted by molar-refractivity contribution is 0.00166. The number of anilines is 2. The fourth-order valence-corrected chi connectivity index (χ4v) is 5.40. The average Bonchev–Trinajstić information content (AvgIpc) is 3.31. The van der Waals surface area contributed by atoms with Crippen molar-refractivity contribution in [1.82, 2.24) is 4.90 Å². The first-order valence-corrected chi connectivity index (χ1v) is 13.7. The Labute approximate surface area is 241 Å². The van der Waals surface area contributed by atoms with E-state index >= 15 is 0 Å². The molecule has 1 atom stereocenters. The van der Waals surface area contributed by atoms with Gasteiger partial charge in [0, 0.05) is 56.0 Å². The number of carbonyl (C=O) groups is 2. The fraction of sp³-hybridized carbons (Fsp3) is 0.323. The van der Waals surface area contributed by atoms with Gasteiger partial charge in [-0.05, 0) is 55.8 Å². The normalized spacial score (nSPS) is 17.5. The molecule has 0 saturated carbocycles. The number of hydrogen-bond acceptors (Lipinski definition) is 6. The van der Waals surface area contributed by atoms with Gasteiger partial charge in [0.05, 0.1) is 23.8 Å². The number of para-hydroxylation sites is 1. The number of aromatic carboxylic acids is 1. The van der Waals surface area contributed by atoms with E-state index in [0.717, 1.165) is 6.07 Å². The molecular weight excluding hydrogens is 549 g/mol. The van der Waals surface area contributed by atoms with Crippen LogP contribution in [0.1, 0.15) is 48.1 Å². The first kappa shape index (κ1) is 29.1. The van der Waals surface area contributed by atoms with Gasteiger partial charge in [0.1, 0.15) is 11.4 Å². The molecule has 2 saturated heterocycles. The molecule has 11 heteroatoms. The Bertz CT molecular complexity index is 1460. The molecule has 3 aromatic rings. The highest BCUT2D eigenvalue weighted by molar-refractivity contribution is 5.92. The predicted molar refractivity (Wildman–Crippen MR) is 152 cm³/mol. The number of nitrogens with zero attached hydrogens (tertiary/aromatic N) is 4. The number of rotatable bonds is 9. The third-order valence-corrected chi connectivity index (χ3v) is 7.82. The zero-order valence-electron chi connectivity index (χ0n) is 23.1. The maximum Gasteiger partial charge on any atom is 0.415 e. The molecule has 2 aliphatic heterocycles. The number of carboxylic acids is 1. The summed E-state index contributed by atoms with van der Waals surface area (Å²) in [5.74, 6) is -4.23. The van der Waals surface area contributed by atoms with Gasteiger partial charge in [-0.1, -0.05) is 18.2 Å². The Morgan fingerprint density at radius 1 is 1.05 bits per heavy atom. The molecule has 2 fully saturated rings. The van der Waals surface area contributed by atoms with Crippen LogP contribution < -0.4 is 9.91 Å². The lowest BCUT2D eigenvalue weighted by Gasteiger charge is -2.37. The van der Waals surface area contributed by atoms with Crippen LogP contribution in [0, 0.1) is 17.5 Å². The number of ether oxygens (including phenoxy) is 1. The topological polar surface area (TPSA) is 85.7 Å². The monoisotopic (exact) mass is 580 g/mol. The van der Waals surface area contributed by atoms with E-state index in [1.807, 2.05) is 30.3 Å². The zero-order chi connectivity index (χ0) is 29.9. The molecule has 220 valence electrons. The number of halogens is 3. The van der Waals surface area contributed by atoms with E-state index in [2.05, 4.69) is 10.0 Å². The molecule has 2 aliphatic rings. The fourth-order valence-electron chi connectivity index (χ4n) is 5.40. The Morgan fingerprint density at radius 3 is 2.38 bits per heavy atom. The van der Waals surface area contributed by atoms with Crippen molar-refractivity contribution in [3.63, 3.8) is 0 Å². The molecule has 1 spiro atoms. The van der Waals surface area contributed by atoms with Crippen molar-refractivity contribution >= 4 is 29.7 Å². The van der Waals surface area contributed by atoms with Crippen molar-refractivity contribution in [2.75, 3.05) is 36.1 Å². The summed E-state index contributed by atoms with van der Waals surface area (Å²) in [5, 5.41) is 15.3. The molecule has 8 nitrogen and oxygen atoms in total. The van der Waals surface area contributed by atoms with Crippen molar-refractivity contribution in [1.29, 1.82) is 0 Å². The van der Waals surface area contributed by atoms with Crippen LogP contribution in [0.5, 0.6) is 0 Å². The molecule has 1 amide bonds. The molecule has 1 N–H and O–H groups in total. The largest absolute Gasteiger partial charge is 0.478 e. The molecule has 1 unspecified atom stereocenters. The maximum absolute atomic E-state index is 14.6. The zero-order valence-corrected chi connectivity index (χ0v) is 23.1. The van der Waals surface area contributed by atoms with Gasteiger partial charge < -0.3 is 14.7 Å². The molecule has 0 radical (unpaired) electrons. The summed E-state index contributed by atoms with van der Waals surface area (Å²) in [6, 6.07) is 16.0. The summed E-state index contributed by atoms with van der Waals surface area (Å²) in [6.45, 7) is 4.21.